The van der Waals surface area contributed by atoms with Crippen molar-refractivity contribution in [2.45, 2.75) is 166 Å². The van der Waals surface area contributed by atoms with Crippen molar-refractivity contribution in [2.75, 3.05) is 37.8 Å². The number of nitrogens with zero attached hydrogens (tertiary/aromatic N) is 4. The maximum atomic E-state index is 12.7. The lowest BCUT2D eigenvalue weighted by molar-refractivity contribution is -0.137. The Morgan fingerprint density at radius 2 is 1.41 bits per heavy atom. The largest absolute Gasteiger partial charge is 0.481 e. The average molecular weight is 1080 g/mol. The second kappa shape index (κ2) is 31.1. The van der Waals surface area contributed by atoms with Gasteiger partial charge in [-0.1, -0.05) is 116 Å². The number of hydrogen-bond donors (Lipinski definition) is 9. The van der Waals surface area contributed by atoms with E-state index >= 15 is 0 Å². The van der Waals surface area contributed by atoms with Crippen molar-refractivity contribution in [3.8, 4) is 0 Å². The summed E-state index contributed by atoms with van der Waals surface area (Å²) >= 11 is 1.15. The van der Waals surface area contributed by atoms with Crippen molar-refractivity contribution < 1.29 is 85.3 Å². The number of carbonyl (C=O) groups is 4. The van der Waals surface area contributed by atoms with E-state index in [1.54, 1.807) is 0 Å². The molecule has 25 nitrogen and oxygen atoms in total. The Bertz CT molecular complexity index is 2080. The van der Waals surface area contributed by atoms with Crippen LogP contribution in [0.15, 0.2) is 12.7 Å². The van der Waals surface area contributed by atoms with Gasteiger partial charge in [0.15, 0.2) is 22.8 Å². The Morgan fingerprint density at radius 3 is 2.00 bits per heavy atom. The molecule has 10 N–H and O–H groups in total. The van der Waals surface area contributed by atoms with Crippen LogP contribution < -0.4 is 16.4 Å². The summed E-state index contributed by atoms with van der Waals surface area (Å²) in [4.78, 5) is 98.8. The highest BCUT2D eigenvalue weighted by Crippen LogP contribution is 2.61. The van der Waals surface area contributed by atoms with Crippen molar-refractivity contribution >= 4 is 75.4 Å². The van der Waals surface area contributed by atoms with E-state index in [1.165, 1.54) is 84.5 Å². The number of imidazole rings is 1. The molecule has 29 heteroatoms. The van der Waals surface area contributed by atoms with Crippen LogP contribution in [0.25, 0.3) is 11.2 Å². The number of rotatable bonds is 38. The molecule has 1 saturated heterocycles. The molecule has 0 spiro atoms. The third kappa shape index (κ3) is 23.4. The second-order valence-electron chi connectivity index (χ2n) is 17.7. The lowest BCUT2D eigenvalue weighted by atomic mass is 9.87. The number of nitrogen functional groups attached to an aromatic ring is 1. The van der Waals surface area contributed by atoms with Gasteiger partial charge in [0, 0.05) is 43.5 Å². The molecular weight excluding hydrogens is 1000 g/mol. The number of nitrogens with two attached hydrogens (primary N) is 1. The molecule has 7 atom stereocenters. The quantitative estimate of drug-likeness (QED) is 0.0246. The van der Waals surface area contributed by atoms with Crippen molar-refractivity contribution in [1.29, 1.82) is 0 Å². The number of fused-ring (bicyclic) bond motifs is 1. The van der Waals surface area contributed by atoms with E-state index in [9.17, 15) is 62.7 Å². The molecule has 2 unspecified atom stereocenters. The standard InChI is InChI=1S/C41H72N7O18P3S/c1-41(2,27-63-69(60,61)66-68(58,59)62-26-30-35(65-67(55,56)57)34(52)40(64-30)48-29-47-33-37(42)45-28-46-38(33)48)36(53)39(54)44-22-21-31(50)43-23-25-70-32(51)20-18-16-14-12-10-8-6-4-3-5-7-9-11-13-15-17-19-24-49/h24,28-30,34-36,40,52-53H,3-23,25-27H2,1-2H3,(H,43,50)(H,44,54)(H,58,59)(H,60,61)(H2,42,45,46)(H2,55,56,57)/t30-,34-,35-,36+,40-/m1/s1. The van der Waals surface area contributed by atoms with E-state index < -0.39 is 84.6 Å². The molecule has 2 aromatic rings. The molecule has 0 radical (unpaired) electrons. The van der Waals surface area contributed by atoms with Crippen LogP contribution in [-0.4, -0.2) is 129 Å². The summed E-state index contributed by atoms with van der Waals surface area (Å²) in [5.74, 6) is -1.04. The Morgan fingerprint density at radius 1 is 0.843 bits per heavy atom. The normalized spacial score (nSPS) is 19.7. The Kier molecular flexibility index (Phi) is 27.3. The third-order valence-corrected chi connectivity index (χ3v) is 15.3. The fourth-order valence-electron chi connectivity index (χ4n) is 7.34. The van der Waals surface area contributed by atoms with Crippen molar-refractivity contribution in [3.63, 3.8) is 0 Å². The zero-order valence-electron chi connectivity index (χ0n) is 39.8. The summed E-state index contributed by atoms with van der Waals surface area (Å²) in [6.07, 6.45) is 14.2. The Labute approximate surface area is 412 Å². The number of hydrogen-bond acceptors (Lipinski definition) is 19. The lowest BCUT2D eigenvalue weighted by Gasteiger charge is -2.30. The maximum absolute atomic E-state index is 12.7. The number of anilines is 1. The van der Waals surface area contributed by atoms with Crippen LogP contribution in [0.4, 0.5) is 5.82 Å². The minimum atomic E-state index is -5.58. The van der Waals surface area contributed by atoms with E-state index in [2.05, 4.69) is 34.4 Å². The van der Waals surface area contributed by atoms with Crippen molar-refractivity contribution in [2.24, 2.45) is 5.41 Å². The summed E-state index contributed by atoms with van der Waals surface area (Å²) in [5.41, 5.74) is 4.28. The summed E-state index contributed by atoms with van der Waals surface area (Å²) in [6, 6.07) is 0. The molecule has 3 heterocycles. The van der Waals surface area contributed by atoms with Gasteiger partial charge in [0.05, 0.1) is 19.5 Å². The third-order valence-electron chi connectivity index (χ3n) is 11.2. The zero-order chi connectivity index (χ0) is 51.8. The maximum Gasteiger partial charge on any atom is 0.481 e. The van der Waals surface area contributed by atoms with Crippen LogP contribution in [0.5, 0.6) is 0 Å². The summed E-state index contributed by atoms with van der Waals surface area (Å²) in [5, 5.41) is 26.7. The smallest absolute Gasteiger partial charge is 0.386 e. The molecule has 0 aliphatic carbocycles. The molecule has 2 amide bonds. The molecule has 0 saturated carbocycles. The highest BCUT2D eigenvalue weighted by atomic mass is 32.2. The first-order valence-electron chi connectivity index (χ1n) is 23.5. The van der Waals surface area contributed by atoms with E-state index in [0.29, 0.717) is 18.6 Å². The molecule has 1 aliphatic heterocycles. The number of aldehydes is 1. The molecular formula is C41H72N7O18P3S. The van der Waals surface area contributed by atoms with Crippen LogP contribution in [0, 0.1) is 5.41 Å². The van der Waals surface area contributed by atoms with Gasteiger partial charge < -0.3 is 55.7 Å². The second-order valence-corrected chi connectivity index (χ2v) is 23.0. The summed E-state index contributed by atoms with van der Waals surface area (Å²) in [6.45, 7) is 0.553. The van der Waals surface area contributed by atoms with Crippen LogP contribution in [-0.2, 0) is 55.5 Å². The molecule has 400 valence electrons. The van der Waals surface area contributed by atoms with Crippen molar-refractivity contribution in [1.82, 2.24) is 30.2 Å². The van der Waals surface area contributed by atoms with Crippen LogP contribution in [0.1, 0.15) is 142 Å². The fourth-order valence-corrected chi connectivity index (χ4v) is 10.9. The highest BCUT2D eigenvalue weighted by molar-refractivity contribution is 8.13. The first-order valence-corrected chi connectivity index (χ1v) is 29.0. The Hall–Kier alpha value is -2.77. The Balaban J connectivity index is 1.26. The summed E-state index contributed by atoms with van der Waals surface area (Å²) in [7, 11) is -16.4. The van der Waals surface area contributed by atoms with Gasteiger partial charge in [-0.05, 0) is 12.8 Å². The van der Waals surface area contributed by atoms with E-state index in [4.69, 9.17) is 19.5 Å². The lowest BCUT2D eigenvalue weighted by Crippen LogP contribution is -2.46. The number of carbonyl (C=O) groups excluding carboxylic acids is 4. The fraction of sp³-hybridized carbons (Fsp3) is 0.780. The number of aliphatic hydroxyl groups is 2. The van der Waals surface area contributed by atoms with Crippen molar-refractivity contribution in [3.05, 3.63) is 12.7 Å². The predicted molar refractivity (Wildman–Crippen MR) is 256 cm³/mol. The predicted octanol–water partition coefficient (Wildman–Crippen LogP) is 4.89. The number of unbranched alkanes of at least 4 members (excludes halogenated alkanes) is 16. The number of phosphoric ester groups is 3. The summed E-state index contributed by atoms with van der Waals surface area (Å²) < 4.78 is 62.5. The molecule has 0 aromatic carbocycles. The van der Waals surface area contributed by atoms with Gasteiger partial charge in [0.2, 0.25) is 11.8 Å². The van der Waals surface area contributed by atoms with Crippen LogP contribution in [0.2, 0.25) is 0 Å². The van der Waals surface area contributed by atoms with E-state index in [0.717, 1.165) is 67.4 Å². The monoisotopic (exact) mass is 1080 g/mol. The number of phosphoric acid groups is 3. The van der Waals surface area contributed by atoms with E-state index in [1.807, 2.05) is 0 Å². The average Bonchev–Trinajstić information content (AvgIpc) is 3.85. The minimum absolute atomic E-state index is 0.0315. The number of amides is 2. The molecule has 3 rings (SSSR count). The minimum Gasteiger partial charge on any atom is -0.386 e. The van der Waals surface area contributed by atoms with Gasteiger partial charge in [-0.2, -0.15) is 4.31 Å². The zero-order valence-corrected chi connectivity index (χ0v) is 43.3. The number of thioether (sulfide) groups is 1. The van der Waals surface area contributed by atoms with Crippen LogP contribution >= 0.6 is 35.2 Å². The van der Waals surface area contributed by atoms with E-state index in [-0.39, 0.29) is 41.6 Å². The number of aromatic nitrogens is 4. The van der Waals surface area contributed by atoms with Gasteiger partial charge in [0.1, 0.15) is 42.5 Å². The molecule has 1 aliphatic rings. The molecule has 2 aromatic heterocycles. The number of aliphatic hydroxyl groups excluding tert-OH is 2. The number of nitrogens with one attached hydrogen (secondary N) is 2. The van der Waals surface area contributed by atoms with Gasteiger partial charge in [-0.25, -0.2) is 28.6 Å². The topological polar surface area (TPSA) is 381 Å². The molecule has 0 bridgehead atoms. The van der Waals surface area contributed by atoms with Gasteiger partial charge >= 0.3 is 23.5 Å². The first kappa shape index (κ1) is 61.5. The van der Waals surface area contributed by atoms with Gasteiger partial charge in [0.25, 0.3) is 0 Å². The van der Waals surface area contributed by atoms with Crippen LogP contribution in [0.3, 0.4) is 0 Å². The highest BCUT2D eigenvalue weighted by Gasteiger charge is 2.50. The van der Waals surface area contributed by atoms with Gasteiger partial charge in [-0.3, -0.25) is 32.5 Å². The molecule has 1 fully saturated rings. The van der Waals surface area contributed by atoms with Gasteiger partial charge in [-0.15, -0.1) is 0 Å². The first-order chi connectivity index (χ1) is 33.1. The number of ether oxygens (including phenoxy) is 1. The molecule has 70 heavy (non-hydrogen) atoms. The SMILES string of the molecule is CC(C)(COP(=O)(O)OP(=O)(O)OC[C@H]1O[C@@H](n2cnc3c(N)ncnc32)[C@H](O)[C@@H]1OP(=O)(O)O)[C@@H](O)C(=O)NCCC(=O)NCCSC(=O)CCCCCCCCCCCCCCCCCCC=O.